The average molecular weight is 244 g/mol. The van der Waals surface area contributed by atoms with Crippen molar-refractivity contribution in [1.29, 1.82) is 0 Å². The van der Waals surface area contributed by atoms with Crippen LogP contribution in [0, 0.1) is 0 Å². The maximum atomic E-state index is 5.39. The van der Waals surface area contributed by atoms with E-state index in [1.54, 1.807) is 6.20 Å². The van der Waals surface area contributed by atoms with E-state index in [2.05, 4.69) is 19.5 Å². The van der Waals surface area contributed by atoms with Crippen molar-refractivity contribution in [2.75, 3.05) is 13.2 Å². The Morgan fingerprint density at radius 1 is 1.33 bits per heavy atom. The molecule has 2 aromatic rings. The van der Waals surface area contributed by atoms with Crippen LogP contribution in [0.2, 0.25) is 0 Å². The average Bonchev–Trinajstić information content (AvgIpc) is 2.83. The summed E-state index contributed by atoms with van der Waals surface area (Å²) in [6, 6.07) is 0.430. The Bertz CT molecular complexity index is 569. The van der Waals surface area contributed by atoms with E-state index >= 15 is 0 Å². The van der Waals surface area contributed by atoms with Crippen LogP contribution in [-0.2, 0) is 4.74 Å². The lowest BCUT2D eigenvalue weighted by Gasteiger charge is -2.23. The zero-order valence-corrected chi connectivity index (χ0v) is 10.4. The normalized spacial score (nSPS) is 17.8. The van der Waals surface area contributed by atoms with Gasteiger partial charge in [0.25, 0.3) is 0 Å². The number of fused-ring (bicyclic) bond motifs is 1. The number of rotatable bonds is 2. The van der Waals surface area contributed by atoms with Gasteiger partial charge in [-0.05, 0) is 25.8 Å². The molecule has 0 bridgehead atoms. The highest BCUT2D eigenvalue weighted by atomic mass is 16.5. The van der Waals surface area contributed by atoms with Crippen molar-refractivity contribution in [2.24, 2.45) is 0 Å². The zero-order valence-electron chi connectivity index (χ0n) is 10.4. The first-order valence-corrected chi connectivity index (χ1v) is 6.28. The summed E-state index contributed by atoms with van der Waals surface area (Å²) in [5, 5.41) is 0. The summed E-state index contributed by atoms with van der Waals surface area (Å²) in [5.74, 6) is 0. The van der Waals surface area contributed by atoms with Crippen molar-refractivity contribution in [3.8, 4) is 0 Å². The first-order valence-electron chi connectivity index (χ1n) is 6.28. The van der Waals surface area contributed by atoms with Gasteiger partial charge in [0.15, 0.2) is 11.3 Å². The minimum absolute atomic E-state index is 0.430. The topological polar surface area (TPSA) is 52.8 Å². The van der Waals surface area contributed by atoms with Crippen molar-refractivity contribution in [3.63, 3.8) is 0 Å². The first kappa shape index (κ1) is 11.3. The van der Waals surface area contributed by atoms with Crippen LogP contribution < -0.4 is 0 Å². The van der Waals surface area contributed by atoms with Crippen molar-refractivity contribution < 1.29 is 4.74 Å². The summed E-state index contributed by atoms with van der Waals surface area (Å²) in [6.45, 7) is 3.60. The van der Waals surface area contributed by atoms with Gasteiger partial charge in [0, 0.05) is 19.3 Å². The second-order valence-electron chi connectivity index (χ2n) is 4.44. The Labute approximate surface area is 106 Å². The predicted octanol–water partition coefficient (Wildman–Crippen LogP) is 2.21. The number of ether oxygens (including phenoxy) is 1. The van der Waals surface area contributed by atoms with E-state index in [1.807, 2.05) is 25.4 Å². The molecule has 1 saturated heterocycles. The molecule has 0 aromatic carbocycles. The maximum absolute atomic E-state index is 5.39. The third kappa shape index (κ3) is 2.01. The van der Waals surface area contributed by atoms with Gasteiger partial charge in [-0.2, -0.15) is 0 Å². The predicted molar refractivity (Wildman–Crippen MR) is 69.1 cm³/mol. The van der Waals surface area contributed by atoms with Crippen LogP contribution in [0.3, 0.4) is 0 Å². The molecule has 1 aliphatic rings. The maximum Gasteiger partial charge on any atom is 0.197 e. The van der Waals surface area contributed by atoms with Crippen molar-refractivity contribution in [3.05, 3.63) is 24.3 Å². The van der Waals surface area contributed by atoms with Crippen molar-refractivity contribution in [2.45, 2.75) is 25.8 Å². The van der Waals surface area contributed by atoms with Crippen LogP contribution in [0.5, 0.6) is 0 Å². The van der Waals surface area contributed by atoms with Crippen molar-refractivity contribution >= 4 is 17.4 Å². The standard InChI is InChI=1S/C13H16N4O/c1-2-3-10-8-14-12-13(16-10)17(9-15-12)11-4-6-18-7-5-11/h2-3,8-9,11H,4-7H2,1H3/b3-2+. The molecule has 2 aromatic heterocycles. The molecule has 0 aliphatic carbocycles. The fraction of sp³-hybridized carbons (Fsp3) is 0.462. The third-order valence-corrected chi connectivity index (χ3v) is 3.22. The highest BCUT2D eigenvalue weighted by Crippen LogP contribution is 2.23. The molecule has 5 nitrogen and oxygen atoms in total. The van der Waals surface area contributed by atoms with Gasteiger partial charge < -0.3 is 9.30 Å². The number of aromatic nitrogens is 4. The van der Waals surface area contributed by atoms with Gasteiger partial charge in [-0.25, -0.2) is 15.0 Å². The molecule has 18 heavy (non-hydrogen) atoms. The molecule has 0 radical (unpaired) electrons. The number of hydrogen-bond donors (Lipinski definition) is 0. The quantitative estimate of drug-likeness (QED) is 0.812. The first-order chi connectivity index (χ1) is 8.88. The number of imidazole rings is 1. The lowest BCUT2D eigenvalue weighted by atomic mass is 10.1. The molecule has 0 unspecified atom stereocenters. The monoisotopic (exact) mass is 244 g/mol. The van der Waals surface area contributed by atoms with Gasteiger partial charge in [-0.15, -0.1) is 0 Å². The molecule has 1 fully saturated rings. The van der Waals surface area contributed by atoms with E-state index in [-0.39, 0.29) is 0 Å². The summed E-state index contributed by atoms with van der Waals surface area (Å²) >= 11 is 0. The third-order valence-electron chi connectivity index (χ3n) is 3.22. The van der Waals surface area contributed by atoms with Crippen LogP contribution in [0.25, 0.3) is 17.4 Å². The summed E-state index contributed by atoms with van der Waals surface area (Å²) in [7, 11) is 0. The molecule has 3 heterocycles. The minimum Gasteiger partial charge on any atom is -0.381 e. The second kappa shape index (κ2) is 4.86. The van der Waals surface area contributed by atoms with Gasteiger partial charge in [-0.3, -0.25) is 0 Å². The number of nitrogens with zero attached hydrogens (tertiary/aromatic N) is 4. The van der Waals surface area contributed by atoms with E-state index < -0.39 is 0 Å². The van der Waals surface area contributed by atoms with Crippen LogP contribution in [-0.4, -0.2) is 32.7 Å². The molecule has 5 heteroatoms. The summed E-state index contributed by atoms with van der Waals surface area (Å²) in [6.07, 6.45) is 9.55. The lowest BCUT2D eigenvalue weighted by molar-refractivity contribution is 0.0704. The Kier molecular flexibility index (Phi) is 3.06. The zero-order chi connectivity index (χ0) is 12.4. The van der Waals surface area contributed by atoms with Crippen LogP contribution in [0.15, 0.2) is 18.6 Å². The molecule has 0 N–H and O–H groups in total. The Morgan fingerprint density at radius 2 is 2.17 bits per heavy atom. The molecule has 0 spiro atoms. The highest BCUT2D eigenvalue weighted by molar-refractivity contribution is 5.67. The van der Waals surface area contributed by atoms with Gasteiger partial charge in [0.05, 0.1) is 18.2 Å². The van der Waals surface area contributed by atoms with E-state index in [1.165, 1.54) is 0 Å². The molecule has 1 aliphatic heterocycles. The highest BCUT2D eigenvalue weighted by Gasteiger charge is 2.18. The van der Waals surface area contributed by atoms with E-state index in [0.717, 1.165) is 43.0 Å². The van der Waals surface area contributed by atoms with Gasteiger partial charge in [0.1, 0.15) is 0 Å². The Balaban J connectivity index is 2.02. The van der Waals surface area contributed by atoms with E-state index in [4.69, 9.17) is 4.74 Å². The Hall–Kier alpha value is -1.75. The van der Waals surface area contributed by atoms with E-state index in [9.17, 15) is 0 Å². The fourth-order valence-electron chi connectivity index (χ4n) is 2.30. The van der Waals surface area contributed by atoms with Gasteiger partial charge >= 0.3 is 0 Å². The van der Waals surface area contributed by atoms with Crippen molar-refractivity contribution in [1.82, 2.24) is 19.5 Å². The SMILES string of the molecule is C/C=C/c1cnc2ncn(C3CCOCC3)c2n1. The van der Waals surface area contributed by atoms with E-state index in [0.29, 0.717) is 6.04 Å². The summed E-state index contributed by atoms with van der Waals surface area (Å²) in [5.41, 5.74) is 2.46. The largest absolute Gasteiger partial charge is 0.381 e. The molecule has 0 amide bonds. The number of hydrogen-bond acceptors (Lipinski definition) is 4. The molecule has 94 valence electrons. The summed E-state index contributed by atoms with van der Waals surface area (Å²) in [4.78, 5) is 13.3. The Morgan fingerprint density at radius 3 is 2.94 bits per heavy atom. The summed E-state index contributed by atoms with van der Waals surface area (Å²) < 4.78 is 7.53. The second-order valence-corrected chi connectivity index (χ2v) is 4.44. The molecule has 0 atom stereocenters. The molecule has 0 saturated carbocycles. The fourth-order valence-corrected chi connectivity index (χ4v) is 2.30. The van der Waals surface area contributed by atoms with Crippen LogP contribution in [0.4, 0.5) is 0 Å². The van der Waals surface area contributed by atoms with Crippen LogP contribution in [0.1, 0.15) is 31.5 Å². The molecular formula is C13H16N4O. The molecule has 3 rings (SSSR count). The minimum atomic E-state index is 0.430. The van der Waals surface area contributed by atoms with Crippen LogP contribution >= 0.6 is 0 Å². The lowest BCUT2D eigenvalue weighted by Crippen LogP contribution is -2.19. The number of allylic oxidation sites excluding steroid dienone is 1. The smallest absolute Gasteiger partial charge is 0.197 e. The van der Waals surface area contributed by atoms with Gasteiger partial charge in [-0.1, -0.05) is 6.08 Å². The van der Waals surface area contributed by atoms with Gasteiger partial charge in [0.2, 0.25) is 0 Å². The molecular weight excluding hydrogens is 228 g/mol.